The molecule has 0 spiro atoms. The van der Waals surface area contributed by atoms with Crippen molar-refractivity contribution in [3.8, 4) is 5.75 Å². The molecule has 128 valence electrons. The summed E-state index contributed by atoms with van der Waals surface area (Å²) in [6.07, 6.45) is 2.14. The van der Waals surface area contributed by atoms with Crippen LogP contribution in [-0.4, -0.2) is 30.3 Å². The Balaban J connectivity index is 1.89. The van der Waals surface area contributed by atoms with Crippen LogP contribution in [0, 0.1) is 0 Å². The van der Waals surface area contributed by atoms with E-state index in [9.17, 15) is 4.79 Å². The van der Waals surface area contributed by atoms with Gasteiger partial charge in [-0.3, -0.25) is 9.69 Å². The lowest BCUT2D eigenvalue weighted by atomic mass is 10.1. The van der Waals surface area contributed by atoms with E-state index >= 15 is 0 Å². The molecule has 0 atom stereocenters. The summed E-state index contributed by atoms with van der Waals surface area (Å²) < 4.78 is 5.76. The second-order valence-corrected chi connectivity index (χ2v) is 6.00. The first-order chi connectivity index (χ1) is 11.7. The Morgan fingerprint density at radius 2 is 1.54 bits per heavy atom. The van der Waals surface area contributed by atoms with Gasteiger partial charge in [0.15, 0.2) is 5.78 Å². The Hall–Kier alpha value is -2.13. The first-order valence-electron chi connectivity index (χ1n) is 8.75. The summed E-state index contributed by atoms with van der Waals surface area (Å²) in [6.45, 7) is 7.26. The third-order valence-electron chi connectivity index (χ3n) is 3.87. The van der Waals surface area contributed by atoms with Gasteiger partial charge < -0.3 is 4.74 Å². The number of ether oxygens (including phenoxy) is 1. The molecule has 2 aromatic rings. The molecular weight excluding hydrogens is 298 g/mol. The Bertz CT molecular complexity index is 601. The Morgan fingerprint density at radius 1 is 0.917 bits per heavy atom. The minimum Gasteiger partial charge on any atom is -0.489 e. The van der Waals surface area contributed by atoms with Gasteiger partial charge >= 0.3 is 0 Å². The standard InChI is InChI=1S/C21H27NO2/c1-3-14-22(15-4-2)16-21(23)19-10-12-20(13-11-19)24-17-18-8-6-5-7-9-18/h5-13H,3-4,14-17H2,1-2H3. The van der Waals surface area contributed by atoms with Crippen LogP contribution in [0.4, 0.5) is 0 Å². The summed E-state index contributed by atoms with van der Waals surface area (Å²) in [6, 6.07) is 17.5. The van der Waals surface area contributed by atoms with Crippen LogP contribution in [0.3, 0.4) is 0 Å². The lowest BCUT2D eigenvalue weighted by Crippen LogP contribution is -2.31. The van der Waals surface area contributed by atoms with Crippen molar-refractivity contribution in [1.82, 2.24) is 4.90 Å². The maximum Gasteiger partial charge on any atom is 0.176 e. The van der Waals surface area contributed by atoms with Gasteiger partial charge in [-0.25, -0.2) is 0 Å². The quantitative estimate of drug-likeness (QED) is 0.599. The van der Waals surface area contributed by atoms with E-state index in [1.807, 2.05) is 54.6 Å². The zero-order valence-electron chi connectivity index (χ0n) is 14.7. The van der Waals surface area contributed by atoms with E-state index in [0.29, 0.717) is 13.2 Å². The summed E-state index contributed by atoms with van der Waals surface area (Å²) in [5.74, 6) is 0.959. The summed E-state index contributed by atoms with van der Waals surface area (Å²) in [7, 11) is 0. The van der Waals surface area contributed by atoms with Crippen molar-refractivity contribution >= 4 is 5.78 Å². The zero-order valence-corrected chi connectivity index (χ0v) is 14.7. The fraction of sp³-hybridized carbons (Fsp3) is 0.381. The highest BCUT2D eigenvalue weighted by Crippen LogP contribution is 2.15. The summed E-state index contributed by atoms with van der Waals surface area (Å²) in [5.41, 5.74) is 1.88. The van der Waals surface area contributed by atoms with E-state index in [2.05, 4.69) is 18.7 Å². The van der Waals surface area contributed by atoms with Crippen LogP contribution in [0.1, 0.15) is 42.6 Å². The number of nitrogens with zero attached hydrogens (tertiary/aromatic N) is 1. The van der Waals surface area contributed by atoms with Gasteiger partial charge in [-0.2, -0.15) is 0 Å². The minimum atomic E-state index is 0.173. The molecule has 0 fully saturated rings. The van der Waals surface area contributed by atoms with Gasteiger partial charge in [0.1, 0.15) is 12.4 Å². The van der Waals surface area contributed by atoms with E-state index in [4.69, 9.17) is 4.74 Å². The Kier molecular flexibility index (Phi) is 7.50. The SMILES string of the molecule is CCCN(CCC)CC(=O)c1ccc(OCc2ccccc2)cc1. The van der Waals surface area contributed by atoms with Crippen molar-refractivity contribution in [2.24, 2.45) is 0 Å². The molecule has 0 aliphatic heterocycles. The molecule has 0 amide bonds. The molecule has 0 saturated heterocycles. The largest absolute Gasteiger partial charge is 0.489 e. The van der Waals surface area contributed by atoms with Gasteiger partial charge in [0.2, 0.25) is 0 Å². The van der Waals surface area contributed by atoms with Crippen LogP contribution < -0.4 is 4.74 Å². The number of rotatable bonds is 10. The highest BCUT2D eigenvalue weighted by Gasteiger charge is 2.11. The van der Waals surface area contributed by atoms with E-state index in [1.165, 1.54) is 0 Å². The lowest BCUT2D eigenvalue weighted by Gasteiger charge is -2.19. The maximum absolute atomic E-state index is 12.4. The molecule has 3 nitrogen and oxygen atoms in total. The number of Topliss-reactive ketones (excluding diaryl/α,β-unsaturated/α-hetero) is 1. The van der Waals surface area contributed by atoms with Gasteiger partial charge in [-0.1, -0.05) is 44.2 Å². The van der Waals surface area contributed by atoms with E-state index in [-0.39, 0.29) is 5.78 Å². The topological polar surface area (TPSA) is 29.5 Å². The number of hydrogen-bond acceptors (Lipinski definition) is 3. The molecule has 0 aliphatic rings. The molecule has 24 heavy (non-hydrogen) atoms. The van der Waals surface area contributed by atoms with Crippen LogP contribution in [0.25, 0.3) is 0 Å². The predicted molar refractivity (Wildman–Crippen MR) is 98.6 cm³/mol. The zero-order chi connectivity index (χ0) is 17.2. The molecule has 0 N–H and O–H groups in total. The Morgan fingerprint density at radius 3 is 2.12 bits per heavy atom. The molecule has 3 heteroatoms. The maximum atomic E-state index is 12.4. The van der Waals surface area contributed by atoms with Crippen molar-refractivity contribution in [3.05, 3.63) is 65.7 Å². The number of hydrogen-bond donors (Lipinski definition) is 0. The first-order valence-corrected chi connectivity index (χ1v) is 8.75. The second-order valence-electron chi connectivity index (χ2n) is 6.00. The van der Waals surface area contributed by atoms with Crippen LogP contribution in [0.5, 0.6) is 5.75 Å². The van der Waals surface area contributed by atoms with Crippen LogP contribution in [0.15, 0.2) is 54.6 Å². The smallest absolute Gasteiger partial charge is 0.176 e. The molecule has 0 aliphatic carbocycles. The van der Waals surface area contributed by atoms with Crippen LogP contribution in [0.2, 0.25) is 0 Å². The number of benzene rings is 2. The van der Waals surface area contributed by atoms with Crippen molar-refractivity contribution in [2.75, 3.05) is 19.6 Å². The molecule has 0 aromatic heterocycles. The van der Waals surface area contributed by atoms with Gasteiger partial charge in [0.25, 0.3) is 0 Å². The van der Waals surface area contributed by atoms with Crippen molar-refractivity contribution < 1.29 is 9.53 Å². The summed E-state index contributed by atoms with van der Waals surface area (Å²) in [4.78, 5) is 14.6. The van der Waals surface area contributed by atoms with E-state index in [1.54, 1.807) is 0 Å². The van der Waals surface area contributed by atoms with Crippen molar-refractivity contribution in [3.63, 3.8) is 0 Å². The molecule has 0 heterocycles. The van der Waals surface area contributed by atoms with E-state index < -0.39 is 0 Å². The van der Waals surface area contributed by atoms with Gasteiger partial charge in [0.05, 0.1) is 6.54 Å². The molecular formula is C21H27NO2. The van der Waals surface area contributed by atoms with E-state index in [0.717, 1.165) is 42.8 Å². The van der Waals surface area contributed by atoms with Crippen LogP contribution >= 0.6 is 0 Å². The number of carbonyl (C=O) groups excluding carboxylic acids is 1. The normalized spacial score (nSPS) is 10.8. The fourth-order valence-corrected chi connectivity index (χ4v) is 2.67. The summed E-state index contributed by atoms with van der Waals surface area (Å²) >= 11 is 0. The molecule has 2 rings (SSSR count). The first kappa shape index (κ1) is 18.2. The van der Waals surface area contributed by atoms with Gasteiger partial charge in [-0.05, 0) is 55.8 Å². The minimum absolute atomic E-state index is 0.173. The number of ketones is 1. The van der Waals surface area contributed by atoms with Crippen LogP contribution in [-0.2, 0) is 6.61 Å². The average molecular weight is 325 g/mol. The Labute approximate surface area is 145 Å². The number of carbonyl (C=O) groups is 1. The third-order valence-corrected chi connectivity index (χ3v) is 3.87. The molecule has 0 bridgehead atoms. The predicted octanol–water partition coefficient (Wildman–Crippen LogP) is 4.57. The van der Waals surface area contributed by atoms with Crippen molar-refractivity contribution in [1.29, 1.82) is 0 Å². The molecule has 0 saturated carbocycles. The third kappa shape index (κ3) is 5.82. The lowest BCUT2D eigenvalue weighted by molar-refractivity contribution is 0.0930. The molecule has 2 aromatic carbocycles. The second kappa shape index (κ2) is 9.89. The molecule has 0 unspecified atom stereocenters. The highest BCUT2D eigenvalue weighted by atomic mass is 16.5. The highest BCUT2D eigenvalue weighted by molar-refractivity contribution is 5.97. The summed E-state index contributed by atoms with van der Waals surface area (Å²) in [5, 5.41) is 0. The van der Waals surface area contributed by atoms with Gasteiger partial charge in [0, 0.05) is 5.56 Å². The van der Waals surface area contributed by atoms with Gasteiger partial charge in [-0.15, -0.1) is 0 Å². The fourth-order valence-electron chi connectivity index (χ4n) is 2.67. The van der Waals surface area contributed by atoms with Crippen molar-refractivity contribution in [2.45, 2.75) is 33.3 Å². The monoisotopic (exact) mass is 325 g/mol. The molecule has 0 radical (unpaired) electrons. The average Bonchev–Trinajstić information content (AvgIpc) is 2.62.